The van der Waals surface area contributed by atoms with Crippen molar-refractivity contribution in [2.75, 3.05) is 0 Å². The molecule has 0 saturated heterocycles. The van der Waals surface area contributed by atoms with Crippen molar-refractivity contribution >= 4 is 11.6 Å². The molecule has 0 aliphatic heterocycles. The fourth-order valence-corrected chi connectivity index (χ4v) is 2.58. The van der Waals surface area contributed by atoms with Crippen molar-refractivity contribution in [3.05, 3.63) is 72.8 Å². The van der Waals surface area contributed by atoms with E-state index < -0.39 is 0 Å². The molecule has 29 heavy (non-hydrogen) atoms. The number of amides is 1. The van der Waals surface area contributed by atoms with Gasteiger partial charge in [-0.15, -0.1) is 10.2 Å². The second kappa shape index (κ2) is 8.21. The predicted molar refractivity (Wildman–Crippen MR) is 105 cm³/mol. The van der Waals surface area contributed by atoms with Crippen LogP contribution in [0.15, 0.2) is 72.4 Å². The van der Waals surface area contributed by atoms with E-state index in [0.29, 0.717) is 11.5 Å². The molecule has 10 heteroatoms. The van der Waals surface area contributed by atoms with Gasteiger partial charge in [-0.3, -0.25) is 4.79 Å². The highest BCUT2D eigenvalue weighted by molar-refractivity contribution is 5.99. The van der Waals surface area contributed by atoms with Crippen LogP contribution in [0.4, 0.5) is 0 Å². The Balaban J connectivity index is 1.36. The van der Waals surface area contributed by atoms with Gasteiger partial charge in [0.05, 0.1) is 11.4 Å². The van der Waals surface area contributed by atoms with Crippen LogP contribution in [0, 0.1) is 0 Å². The SMILES string of the molecule is C/C(=N\NC(=O)Cn1nnc(-c2ccccc2)n1)c1ccc(-n2cncn2)cc1. The Morgan fingerprint density at radius 3 is 2.62 bits per heavy atom. The van der Waals surface area contributed by atoms with E-state index in [0.717, 1.165) is 16.8 Å². The average Bonchev–Trinajstić information content (AvgIpc) is 3.45. The normalized spacial score (nSPS) is 11.4. The number of benzene rings is 2. The Morgan fingerprint density at radius 2 is 1.90 bits per heavy atom. The monoisotopic (exact) mass is 387 g/mol. The van der Waals surface area contributed by atoms with E-state index in [1.165, 1.54) is 11.1 Å². The molecule has 0 fully saturated rings. The van der Waals surface area contributed by atoms with E-state index in [9.17, 15) is 4.79 Å². The average molecular weight is 387 g/mol. The zero-order valence-electron chi connectivity index (χ0n) is 15.5. The van der Waals surface area contributed by atoms with Gasteiger partial charge in [0.1, 0.15) is 19.2 Å². The zero-order valence-corrected chi connectivity index (χ0v) is 15.5. The van der Waals surface area contributed by atoms with Crippen LogP contribution < -0.4 is 5.43 Å². The van der Waals surface area contributed by atoms with Crippen molar-refractivity contribution in [1.29, 1.82) is 0 Å². The van der Waals surface area contributed by atoms with Crippen LogP contribution in [0.1, 0.15) is 12.5 Å². The van der Waals surface area contributed by atoms with Crippen molar-refractivity contribution < 1.29 is 4.79 Å². The van der Waals surface area contributed by atoms with E-state index in [4.69, 9.17) is 0 Å². The Kier molecular flexibility index (Phi) is 5.14. The van der Waals surface area contributed by atoms with Gasteiger partial charge in [0.25, 0.3) is 5.91 Å². The Bertz CT molecular complexity index is 1120. The first-order chi connectivity index (χ1) is 14.2. The highest BCUT2D eigenvalue weighted by Gasteiger charge is 2.09. The summed E-state index contributed by atoms with van der Waals surface area (Å²) in [5.74, 6) is 0.117. The molecule has 0 unspecified atom stereocenters. The van der Waals surface area contributed by atoms with Gasteiger partial charge in [0.2, 0.25) is 5.82 Å². The third-order valence-electron chi connectivity index (χ3n) is 4.09. The summed E-state index contributed by atoms with van der Waals surface area (Å²) < 4.78 is 1.66. The minimum Gasteiger partial charge on any atom is -0.271 e. The van der Waals surface area contributed by atoms with Crippen LogP contribution >= 0.6 is 0 Å². The van der Waals surface area contributed by atoms with E-state index in [-0.39, 0.29) is 12.5 Å². The fraction of sp³-hybridized carbons (Fsp3) is 0.105. The molecule has 0 atom stereocenters. The molecular weight excluding hydrogens is 370 g/mol. The number of hydrogen-bond donors (Lipinski definition) is 1. The smallest absolute Gasteiger partial charge is 0.263 e. The second-order valence-electron chi connectivity index (χ2n) is 6.13. The van der Waals surface area contributed by atoms with Crippen LogP contribution in [-0.4, -0.2) is 46.6 Å². The highest BCUT2D eigenvalue weighted by atomic mass is 16.2. The molecule has 10 nitrogen and oxygen atoms in total. The first kappa shape index (κ1) is 18.2. The minimum atomic E-state index is -0.347. The van der Waals surface area contributed by atoms with Gasteiger partial charge in [-0.25, -0.2) is 15.1 Å². The van der Waals surface area contributed by atoms with Gasteiger partial charge >= 0.3 is 0 Å². The first-order valence-corrected chi connectivity index (χ1v) is 8.81. The molecule has 144 valence electrons. The molecule has 0 aliphatic rings. The van der Waals surface area contributed by atoms with Crippen LogP contribution in [0.25, 0.3) is 17.1 Å². The number of rotatable bonds is 6. The molecule has 1 amide bonds. The Labute approximate surface area is 165 Å². The van der Waals surface area contributed by atoms with Crippen molar-refractivity contribution in [3.63, 3.8) is 0 Å². The van der Waals surface area contributed by atoms with Crippen molar-refractivity contribution in [3.8, 4) is 17.1 Å². The molecule has 1 N–H and O–H groups in total. The van der Waals surface area contributed by atoms with E-state index in [1.807, 2.05) is 61.5 Å². The zero-order chi connectivity index (χ0) is 20.1. The van der Waals surface area contributed by atoms with Crippen molar-refractivity contribution in [2.24, 2.45) is 5.10 Å². The number of carbonyl (C=O) groups is 1. The summed E-state index contributed by atoms with van der Waals surface area (Å²) in [6.45, 7) is 1.73. The summed E-state index contributed by atoms with van der Waals surface area (Å²) in [5.41, 5.74) is 5.77. The number of hydrogen-bond acceptors (Lipinski definition) is 7. The van der Waals surface area contributed by atoms with Gasteiger partial charge in [-0.05, 0) is 29.8 Å². The van der Waals surface area contributed by atoms with E-state index in [1.54, 1.807) is 11.0 Å². The summed E-state index contributed by atoms with van der Waals surface area (Å²) in [6, 6.07) is 17.0. The maximum atomic E-state index is 12.1. The van der Waals surface area contributed by atoms with Gasteiger partial charge in [0, 0.05) is 5.56 Å². The predicted octanol–water partition coefficient (Wildman–Crippen LogP) is 1.46. The van der Waals surface area contributed by atoms with Crippen LogP contribution in [0.5, 0.6) is 0 Å². The molecule has 0 bridgehead atoms. The van der Waals surface area contributed by atoms with Crippen LogP contribution in [0.2, 0.25) is 0 Å². The second-order valence-corrected chi connectivity index (χ2v) is 6.13. The number of nitrogens with zero attached hydrogens (tertiary/aromatic N) is 8. The van der Waals surface area contributed by atoms with Gasteiger partial charge in [-0.1, -0.05) is 42.5 Å². The largest absolute Gasteiger partial charge is 0.271 e. The van der Waals surface area contributed by atoms with E-state index in [2.05, 4.69) is 36.0 Å². The third kappa shape index (κ3) is 4.38. The van der Waals surface area contributed by atoms with Crippen LogP contribution in [-0.2, 0) is 11.3 Å². The van der Waals surface area contributed by atoms with Gasteiger partial charge < -0.3 is 0 Å². The summed E-state index contributed by atoms with van der Waals surface area (Å²) >= 11 is 0. The molecule has 0 radical (unpaired) electrons. The lowest BCUT2D eigenvalue weighted by Crippen LogP contribution is -2.25. The summed E-state index contributed by atoms with van der Waals surface area (Å²) in [5, 5.41) is 20.3. The minimum absolute atomic E-state index is 0.0815. The standard InChI is InChI=1S/C19H17N9O/c1-14(15-7-9-17(10-8-15)27-13-20-12-21-27)22-23-18(29)11-28-25-19(24-26-28)16-5-3-2-4-6-16/h2-10,12-13H,11H2,1H3,(H,23,29)/b22-14+. The molecule has 0 spiro atoms. The van der Waals surface area contributed by atoms with Gasteiger partial charge in [0.15, 0.2) is 0 Å². The summed E-state index contributed by atoms with van der Waals surface area (Å²) in [6.07, 6.45) is 3.10. The quantitative estimate of drug-likeness (QED) is 0.396. The Hall–Kier alpha value is -4.21. The Morgan fingerprint density at radius 1 is 1.10 bits per heavy atom. The lowest BCUT2D eigenvalue weighted by molar-refractivity contribution is -0.122. The molecule has 0 aliphatic carbocycles. The fourth-order valence-electron chi connectivity index (χ4n) is 2.58. The summed E-state index contributed by atoms with van der Waals surface area (Å²) in [7, 11) is 0. The van der Waals surface area contributed by atoms with E-state index >= 15 is 0 Å². The maximum absolute atomic E-state index is 12.1. The number of tetrazole rings is 1. The number of nitrogens with one attached hydrogen (secondary N) is 1. The third-order valence-corrected chi connectivity index (χ3v) is 4.09. The molecule has 2 aromatic carbocycles. The number of carbonyl (C=O) groups excluding carboxylic acids is 1. The lowest BCUT2D eigenvalue weighted by atomic mass is 10.1. The molecular formula is C19H17N9O. The van der Waals surface area contributed by atoms with Crippen molar-refractivity contribution in [2.45, 2.75) is 13.5 Å². The summed E-state index contributed by atoms with van der Waals surface area (Å²) in [4.78, 5) is 17.3. The number of aromatic nitrogens is 7. The molecule has 4 rings (SSSR count). The van der Waals surface area contributed by atoms with Gasteiger partial charge in [-0.2, -0.15) is 15.0 Å². The first-order valence-electron chi connectivity index (χ1n) is 8.81. The molecule has 4 aromatic rings. The molecule has 0 saturated carbocycles. The maximum Gasteiger partial charge on any atom is 0.263 e. The lowest BCUT2D eigenvalue weighted by Gasteiger charge is -2.04. The van der Waals surface area contributed by atoms with Crippen molar-refractivity contribution in [1.82, 2.24) is 40.4 Å². The van der Waals surface area contributed by atoms with Crippen LogP contribution in [0.3, 0.4) is 0 Å². The topological polar surface area (TPSA) is 116 Å². The molecule has 2 heterocycles. The highest BCUT2D eigenvalue weighted by Crippen LogP contribution is 2.11. The molecule has 2 aromatic heterocycles. The number of hydrazone groups is 1.